The molecule has 0 amide bonds. The van der Waals surface area contributed by atoms with Gasteiger partial charge in [0.1, 0.15) is 38.0 Å². The molecule has 0 saturated heterocycles. The molecule has 1 rings (SSSR count). The lowest BCUT2D eigenvalue weighted by Gasteiger charge is -2.13. The van der Waals surface area contributed by atoms with Gasteiger partial charge in [-0.3, -0.25) is 18.8 Å². The van der Waals surface area contributed by atoms with Gasteiger partial charge in [-0.2, -0.15) is 8.42 Å². The van der Waals surface area contributed by atoms with Gasteiger partial charge in [0.2, 0.25) is 5.78 Å². The van der Waals surface area contributed by atoms with Gasteiger partial charge >= 0.3 is 5.84 Å². The van der Waals surface area contributed by atoms with Crippen molar-refractivity contribution in [3.63, 3.8) is 0 Å². The van der Waals surface area contributed by atoms with E-state index in [-0.39, 0.29) is 18.9 Å². The number of hydrogen-bond donors (Lipinski definition) is 3. The van der Waals surface area contributed by atoms with E-state index in [2.05, 4.69) is 6.08 Å². The molecule has 1 atom stereocenters. The lowest BCUT2D eigenvalue weighted by molar-refractivity contribution is -0.525. The van der Waals surface area contributed by atoms with Gasteiger partial charge in [0.15, 0.2) is 0 Å². The van der Waals surface area contributed by atoms with Crippen LogP contribution in [0.5, 0.6) is 0 Å². The van der Waals surface area contributed by atoms with Crippen molar-refractivity contribution >= 4 is 21.7 Å². The molecule has 0 aromatic heterocycles. The van der Waals surface area contributed by atoms with E-state index in [0.29, 0.717) is 31.9 Å². The Morgan fingerprint density at radius 2 is 2.00 bits per heavy atom. The molecule has 1 aliphatic rings. The molecule has 0 aliphatic carbocycles. The summed E-state index contributed by atoms with van der Waals surface area (Å²) in [7, 11) is -4.28. The number of carbonyl (C=O) groups is 1. The van der Waals surface area contributed by atoms with Crippen molar-refractivity contribution in [1.82, 2.24) is 4.90 Å². The Morgan fingerprint density at radius 3 is 2.63 bits per heavy atom. The van der Waals surface area contributed by atoms with E-state index < -0.39 is 22.0 Å². The van der Waals surface area contributed by atoms with Crippen LogP contribution in [0.1, 0.15) is 45.4 Å². The third-order valence-corrected chi connectivity index (χ3v) is 5.26. The molecule has 0 fully saturated rings. The number of β-amino-alcohol motifs (C(OH)–C–C–N with tert-alkyl or cyclic N) is 2. The Bertz CT molecular complexity index is 630. The predicted octanol–water partition coefficient (Wildman–Crippen LogP) is 0.440. The third-order valence-electron chi connectivity index (χ3n) is 4.45. The second kappa shape index (κ2) is 12.2. The van der Waals surface area contributed by atoms with Crippen molar-refractivity contribution in [1.29, 1.82) is 0 Å². The highest BCUT2D eigenvalue weighted by molar-refractivity contribution is 7.85. The summed E-state index contributed by atoms with van der Waals surface area (Å²) < 4.78 is 32.4. The van der Waals surface area contributed by atoms with Crippen LogP contribution in [-0.2, 0) is 14.9 Å². The normalized spacial score (nSPS) is 16.5. The minimum absolute atomic E-state index is 0.0495. The molecule has 0 saturated carbocycles. The summed E-state index contributed by atoms with van der Waals surface area (Å²) >= 11 is 0. The van der Waals surface area contributed by atoms with Crippen LogP contribution in [0.15, 0.2) is 12.2 Å². The van der Waals surface area contributed by atoms with Gasteiger partial charge in [0.25, 0.3) is 10.1 Å². The quantitative estimate of drug-likeness (QED) is 0.166. The number of amidine groups is 1. The predicted molar refractivity (Wildman–Crippen MR) is 104 cm³/mol. The number of rotatable bonds is 14. The molecule has 0 bridgehead atoms. The standard InChI is InChI=1S/C18H32N2O6S/c1-2-3-4-5-6-7-8-9-17(23)18-19(12-13-21)10-11-20(18)14-16(22)15-27(24,25)26/h2-3,16,21-22H,4-15H2,1H3/p+1/b3-2+. The molecule has 3 N–H and O–H groups in total. The number of carbonyl (C=O) groups excluding carboxylic acids is 1. The van der Waals surface area contributed by atoms with Gasteiger partial charge < -0.3 is 10.2 Å². The molecule has 1 heterocycles. The maximum atomic E-state index is 12.7. The van der Waals surface area contributed by atoms with Crippen molar-refractivity contribution < 1.29 is 32.6 Å². The Balaban J connectivity index is 2.65. The van der Waals surface area contributed by atoms with Crippen LogP contribution in [0.3, 0.4) is 0 Å². The van der Waals surface area contributed by atoms with Crippen molar-refractivity contribution in [2.75, 3.05) is 38.5 Å². The third kappa shape index (κ3) is 9.46. The summed E-state index contributed by atoms with van der Waals surface area (Å²) in [6, 6.07) is 0. The SMILES string of the molecule is C/C=C/CCCCCCC(=O)C1=[N+](CC(O)CS(=O)(=O)O)CCN1CCO. The molecule has 27 heavy (non-hydrogen) atoms. The van der Waals surface area contributed by atoms with E-state index in [4.69, 9.17) is 4.55 Å². The summed E-state index contributed by atoms with van der Waals surface area (Å²) in [5.41, 5.74) is 0. The highest BCUT2D eigenvalue weighted by Gasteiger charge is 2.36. The molecule has 9 heteroatoms. The maximum absolute atomic E-state index is 12.7. The van der Waals surface area contributed by atoms with Crippen molar-refractivity contribution in [3.8, 4) is 0 Å². The molecule has 0 aromatic carbocycles. The van der Waals surface area contributed by atoms with Crippen molar-refractivity contribution in [2.24, 2.45) is 0 Å². The first-order valence-corrected chi connectivity index (χ1v) is 11.1. The zero-order valence-electron chi connectivity index (χ0n) is 16.1. The fraction of sp³-hybridized carbons (Fsp3) is 0.778. The summed E-state index contributed by atoms with van der Waals surface area (Å²) in [5.74, 6) is -0.405. The minimum atomic E-state index is -4.28. The van der Waals surface area contributed by atoms with Crippen LogP contribution in [0.2, 0.25) is 0 Å². The second-order valence-electron chi connectivity index (χ2n) is 6.83. The molecule has 0 aromatic rings. The number of aliphatic hydroxyl groups excluding tert-OH is 2. The first-order valence-electron chi connectivity index (χ1n) is 9.53. The topological polar surface area (TPSA) is 118 Å². The van der Waals surface area contributed by atoms with E-state index in [1.807, 2.05) is 13.0 Å². The summed E-state index contributed by atoms with van der Waals surface area (Å²) in [4.78, 5) is 14.5. The van der Waals surface area contributed by atoms with Crippen LogP contribution < -0.4 is 0 Å². The second-order valence-corrected chi connectivity index (χ2v) is 8.32. The van der Waals surface area contributed by atoms with Crippen LogP contribution in [-0.4, -0.2) is 88.9 Å². The average Bonchev–Trinajstić information content (AvgIpc) is 2.94. The zero-order valence-corrected chi connectivity index (χ0v) is 16.9. The van der Waals surface area contributed by atoms with Gasteiger partial charge in [-0.25, -0.2) is 0 Å². The molecule has 1 unspecified atom stereocenters. The Labute approximate surface area is 161 Å². The monoisotopic (exact) mass is 405 g/mol. The number of allylic oxidation sites excluding steroid dienone is 2. The van der Waals surface area contributed by atoms with E-state index in [9.17, 15) is 23.4 Å². The van der Waals surface area contributed by atoms with Gasteiger partial charge in [-0.05, 0) is 26.2 Å². The molecule has 156 valence electrons. The van der Waals surface area contributed by atoms with Gasteiger partial charge in [0, 0.05) is 6.42 Å². The van der Waals surface area contributed by atoms with E-state index in [0.717, 1.165) is 32.1 Å². The van der Waals surface area contributed by atoms with Crippen molar-refractivity contribution in [3.05, 3.63) is 12.2 Å². The van der Waals surface area contributed by atoms with Crippen LogP contribution in [0.25, 0.3) is 0 Å². The summed E-state index contributed by atoms with van der Waals surface area (Å²) in [6.45, 7) is 3.16. The van der Waals surface area contributed by atoms with Crippen molar-refractivity contribution in [2.45, 2.75) is 51.6 Å². The van der Waals surface area contributed by atoms with Crippen LogP contribution in [0, 0.1) is 0 Å². The van der Waals surface area contributed by atoms with E-state index in [1.54, 1.807) is 9.48 Å². The number of nitrogens with zero attached hydrogens (tertiary/aromatic N) is 2. The molecule has 8 nitrogen and oxygen atoms in total. The van der Waals surface area contributed by atoms with Gasteiger partial charge in [0.05, 0.1) is 6.61 Å². The Kier molecular flexibility index (Phi) is 10.8. The zero-order chi connectivity index (χ0) is 20.3. The largest absolute Gasteiger partial charge is 0.392 e. The fourth-order valence-corrected chi connectivity index (χ4v) is 3.84. The number of hydrogen-bond acceptors (Lipinski definition) is 6. The summed E-state index contributed by atoms with van der Waals surface area (Å²) in [6.07, 6.45) is 8.18. The first-order chi connectivity index (χ1) is 12.8. The van der Waals surface area contributed by atoms with Gasteiger partial charge in [-0.15, -0.1) is 0 Å². The highest BCUT2D eigenvalue weighted by Crippen LogP contribution is 2.11. The van der Waals surface area contributed by atoms with Crippen LogP contribution >= 0.6 is 0 Å². The van der Waals surface area contributed by atoms with E-state index >= 15 is 0 Å². The van der Waals surface area contributed by atoms with E-state index in [1.165, 1.54) is 0 Å². The fourth-order valence-electron chi connectivity index (χ4n) is 3.25. The number of ketones is 1. The maximum Gasteiger partial charge on any atom is 0.316 e. The molecule has 1 aliphatic heterocycles. The smallest absolute Gasteiger partial charge is 0.316 e. The van der Waals surface area contributed by atoms with Gasteiger partial charge in [-0.1, -0.05) is 25.0 Å². The molecular weight excluding hydrogens is 372 g/mol. The number of unbranched alkanes of at least 4 members (excludes halogenated alkanes) is 4. The Morgan fingerprint density at radius 1 is 1.30 bits per heavy atom. The lowest BCUT2D eigenvalue weighted by atomic mass is 10.1. The number of Topliss-reactive ketones (excluding diaryl/α,β-unsaturated/α-hetero) is 1. The minimum Gasteiger partial charge on any atom is -0.392 e. The number of aliphatic hydroxyl groups is 2. The highest BCUT2D eigenvalue weighted by atomic mass is 32.2. The summed E-state index contributed by atoms with van der Waals surface area (Å²) in [5, 5.41) is 19.1. The Hall–Kier alpha value is -1.29. The van der Waals surface area contributed by atoms with Crippen LogP contribution in [0.4, 0.5) is 0 Å². The molecule has 0 spiro atoms. The average molecular weight is 406 g/mol. The first kappa shape index (κ1) is 23.7. The lowest BCUT2D eigenvalue weighted by Crippen LogP contribution is -2.40. The molecule has 0 radical (unpaired) electrons. The molecular formula is C18H33N2O6S+.